The average Bonchev–Trinajstić information content (AvgIpc) is 2.75. The summed E-state index contributed by atoms with van der Waals surface area (Å²) in [6, 6.07) is 16.9. The molecule has 0 amide bonds. The zero-order valence-corrected chi connectivity index (χ0v) is 19.0. The molecule has 0 aromatic heterocycles. The number of fused-ring (bicyclic) bond motifs is 3. The van der Waals surface area contributed by atoms with Crippen LogP contribution in [0, 0.1) is 5.41 Å². The molecule has 0 heterocycles. The Bertz CT molecular complexity index is 1030. The molecule has 3 aliphatic rings. The normalized spacial score (nSPS) is 25.8. The Kier molecular flexibility index (Phi) is 5.71. The highest BCUT2D eigenvalue weighted by Crippen LogP contribution is 2.59. The molecule has 0 atom stereocenters. The van der Waals surface area contributed by atoms with Crippen LogP contribution in [0.4, 0.5) is 0 Å². The zero-order valence-electron chi connectivity index (χ0n) is 17.4. The van der Waals surface area contributed by atoms with E-state index in [0.717, 1.165) is 55.4 Å². The minimum absolute atomic E-state index is 0.115. The van der Waals surface area contributed by atoms with E-state index in [1.165, 1.54) is 11.8 Å². The van der Waals surface area contributed by atoms with Gasteiger partial charge in [0.1, 0.15) is 0 Å². The Hall–Kier alpha value is -1.85. The average molecular weight is 441 g/mol. The molecular weight excluding hydrogens is 412 g/mol. The van der Waals surface area contributed by atoms with Crippen LogP contribution in [0.5, 0.6) is 0 Å². The number of hydrogen-bond acceptors (Lipinski definition) is 4. The maximum atomic E-state index is 12.5. The minimum Gasteiger partial charge on any atom is -0.294 e. The van der Waals surface area contributed by atoms with Crippen molar-refractivity contribution in [2.45, 2.75) is 61.7 Å². The Labute approximate surface area is 184 Å². The van der Waals surface area contributed by atoms with Crippen molar-refractivity contribution in [1.82, 2.24) is 0 Å². The Morgan fingerprint density at radius 1 is 0.900 bits per heavy atom. The van der Waals surface area contributed by atoms with Crippen LogP contribution < -0.4 is 0 Å². The van der Waals surface area contributed by atoms with Crippen molar-refractivity contribution >= 4 is 32.7 Å². The quantitative estimate of drug-likeness (QED) is 0.408. The second kappa shape index (κ2) is 8.01. The lowest BCUT2D eigenvalue weighted by atomic mass is 9.51. The van der Waals surface area contributed by atoms with E-state index in [1.807, 2.05) is 42.5 Å². The number of ketones is 1. The van der Waals surface area contributed by atoms with Gasteiger partial charge in [-0.1, -0.05) is 54.7 Å². The van der Waals surface area contributed by atoms with Crippen LogP contribution in [0.2, 0.25) is 0 Å². The van der Waals surface area contributed by atoms with Crippen LogP contribution >= 0.6 is 12.2 Å². The highest BCUT2D eigenvalue weighted by atomic mass is 32.2. The van der Waals surface area contributed by atoms with Gasteiger partial charge < -0.3 is 0 Å². The molecule has 0 N–H and O–H groups in total. The summed E-state index contributed by atoms with van der Waals surface area (Å²) in [7, 11) is -3.16. The number of carbonyl (C=O) groups excluding carboxylic acids is 1. The van der Waals surface area contributed by atoms with Gasteiger partial charge >= 0.3 is 0 Å². The van der Waals surface area contributed by atoms with Crippen molar-refractivity contribution in [2.75, 3.05) is 6.26 Å². The van der Waals surface area contributed by atoms with Gasteiger partial charge in [-0.3, -0.25) is 4.79 Å². The summed E-state index contributed by atoms with van der Waals surface area (Å²) in [5, 5.41) is 0. The van der Waals surface area contributed by atoms with Crippen LogP contribution in [-0.2, 0) is 15.3 Å². The first-order valence-corrected chi connectivity index (χ1v) is 12.9. The summed E-state index contributed by atoms with van der Waals surface area (Å²) in [6.07, 6.45) is 9.19. The molecule has 2 aromatic carbocycles. The van der Waals surface area contributed by atoms with E-state index in [2.05, 4.69) is 0 Å². The van der Waals surface area contributed by atoms with Crippen molar-refractivity contribution < 1.29 is 13.2 Å². The number of benzene rings is 2. The Morgan fingerprint density at radius 2 is 1.47 bits per heavy atom. The fourth-order valence-electron chi connectivity index (χ4n) is 5.40. The van der Waals surface area contributed by atoms with Crippen LogP contribution in [0.1, 0.15) is 67.3 Å². The SMILES string of the molecule is CS(=O)(=O)c1ccc(C23CCC(CC(=S)CC(=O)c4ccccc4)(CC2)CC3)cc1. The third-order valence-corrected chi connectivity index (χ3v) is 8.74. The monoisotopic (exact) mass is 440 g/mol. The molecule has 0 saturated heterocycles. The van der Waals surface area contributed by atoms with Gasteiger partial charge in [0, 0.05) is 23.1 Å². The fraction of sp³-hybridized carbons (Fsp3) is 0.440. The van der Waals surface area contributed by atoms with E-state index < -0.39 is 9.84 Å². The highest BCUT2D eigenvalue weighted by molar-refractivity contribution is 7.90. The predicted octanol–water partition coefficient (Wildman–Crippen LogP) is 5.72. The van der Waals surface area contributed by atoms with Gasteiger partial charge in [-0.05, 0) is 73.5 Å². The first kappa shape index (κ1) is 21.4. The van der Waals surface area contributed by atoms with E-state index in [-0.39, 0.29) is 16.6 Å². The fourth-order valence-corrected chi connectivity index (χ4v) is 6.47. The van der Waals surface area contributed by atoms with Gasteiger partial charge in [-0.15, -0.1) is 0 Å². The number of thiocarbonyl (C=S) groups is 1. The molecule has 2 aromatic rings. The topological polar surface area (TPSA) is 51.2 Å². The number of rotatable bonds is 7. The molecule has 5 heteroatoms. The second-order valence-corrected chi connectivity index (χ2v) is 11.9. The number of hydrogen-bond donors (Lipinski definition) is 0. The molecule has 0 aliphatic heterocycles. The van der Waals surface area contributed by atoms with Crippen LogP contribution in [0.3, 0.4) is 0 Å². The molecule has 3 saturated carbocycles. The first-order valence-electron chi connectivity index (χ1n) is 10.6. The maximum Gasteiger partial charge on any atom is 0.175 e. The summed E-state index contributed by atoms with van der Waals surface area (Å²) in [4.78, 5) is 13.8. The van der Waals surface area contributed by atoms with E-state index in [4.69, 9.17) is 12.2 Å². The van der Waals surface area contributed by atoms with Crippen LogP contribution in [0.25, 0.3) is 0 Å². The molecule has 3 fully saturated rings. The van der Waals surface area contributed by atoms with Gasteiger partial charge in [-0.2, -0.15) is 0 Å². The second-order valence-electron chi connectivity index (χ2n) is 9.26. The van der Waals surface area contributed by atoms with E-state index in [0.29, 0.717) is 11.3 Å². The Balaban J connectivity index is 1.40. The molecule has 3 nitrogen and oxygen atoms in total. The molecule has 3 aliphatic carbocycles. The molecule has 0 unspecified atom stereocenters. The van der Waals surface area contributed by atoms with Crippen molar-refractivity contribution in [1.29, 1.82) is 0 Å². The predicted molar refractivity (Wildman–Crippen MR) is 124 cm³/mol. The summed E-state index contributed by atoms with van der Waals surface area (Å²) in [5.74, 6) is 0.115. The van der Waals surface area contributed by atoms with Crippen molar-refractivity contribution in [3.05, 3.63) is 65.7 Å². The van der Waals surface area contributed by atoms with E-state index in [1.54, 1.807) is 12.1 Å². The first-order chi connectivity index (χ1) is 14.2. The lowest BCUT2D eigenvalue weighted by molar-refractivity contribution is 0.0458. The van der Waals surface area contributed by atoms with E-state index in [9.17, 15) is 13.2 Å². The van der Waals surface area contributed by atoms with Crippen LogP contribution in [-0.4, -0.2) is 25.3 Å². The third-order valence-electron chi connectivity index (χ3n) is 7.32. The lowest BCUT2D eigenvalue weighted by Crippen LogP contribution is -2.45. The van der Waals surface area contributed by atoms with Gasteiger partial charge in [0.15, 0.2) is 15.6 Å². The molecule has 0 spiro atoms. The van der Waals surface area contributed by atoms with E-state index >= 15 is 0 Å². The molecular formula is C25H28O3S2. The lowest BCUT2D eigenvalue weighted by Gasteiger charge is -2.54. The molecule has 0 radical (unpaired) electrons. The summed E-state index contributed by atoms with van der Waals surface area (Å²) in [5.41, 5.74) is 2.41. The van der Waals surface area contributed by atoms with Crippen molar-refractivity contribution in [3.8, 4) is 0 Å². The van der Waals surface area contributed by atoms with Crippen LogP contribution in [0.15, 0.2) is 59.5 Å². The maximum absolute atomic E-state index is 12.5. The van der Waals surface area contributed by atoms with Gasteiger partial charge in [0.25, 0.3) is 0 Å². The molecule has 158 valence electrons. The largest absolute Gasteiger partial charge is 0.294 e. The standard InChI is InChI=1S/C25H28O3S2/c1-30(27,28)22-9-7-20(8-10-22)25-14-11-24(12-15-25,13-16-25)18-21(29)17-23(26)19-5-3-2-4-6-19/h2-10H,11-18H2,1H3. The summed E-state index contributed by atoms with van der Waals surface area (Å²) < 4.78 is 23.5. The zero-order chi connectivity index (χ0) is 21.4. The van der Waals surface area contributed by atoms with Gasteiger partial charge in [0.2, 0.25) is 0 Å². The van der Waals surface area contributed by atoms with Crippen molar-refractivity contribution in [2.24, 2.45) is 5.41 Å². The van der Waals surface area contributed by atoms with Gasteiger partial charge in [0.05, 0.1) is 4.90 Å². The molecule has 5 rings (SSSR count). The summed E-state index contributed by atoms with van der Waals surface area (Å²) >= 11 is 5.66. The number of carbonyl (C=O) groups is 1. The minimum atomic E-state index is -3.16. The smallest absolute Gasteiger partial charge is 0.175 e. The molecule has 30 heavy (non-hydrogen) atoms. The number of sulfone groups is 1. The van der Waals surface area contributed by atoms with Crippen molar-refractivity contribution in [3.63, 3.8) is 0 Å². The third kappa shape index (κ3) is 4.28. The summed E-state index contributed by atoms with van der Waals surface area (Å²) in [6.45, 7) is 0. The Morgan fingerprint density at radius 3 is 2.00 bits per heavy atom. The molecule has 2 bridgehead atoms. The number of Topliss-reactive ketones (excluding diaryl/α,β-unsaturated/α-hetero) is 1. The highest BCUT2D eigenvalue weighted by Gasteiger charge is 2.49. The van der Waals surface area contributed by atoms with Gasteiger partial charge in [-0.25, -0.2) is 8.42 Å².